The standard InChI is InChI=1S/C28H29BrN4O2/c1-3-25(34)19-10-11-23-22(17-19)31-28(21-9-4-5-14-30-21)33(23)20-8-6-7-18(15-20)16-26(35)24-12-13-27(29)32(24)2/h4-5,9-14,17-18,20H,3,6-8,15-16H2,1-2H3. The lowest BCUT2D eigenvalue weighted by molar-refractivity contribution is 0.0932. The number of halogens is 1. The number of Topliss-reactive ketones (excluding diaryl/α,β-unsaturated/α-hetero) is 2. The van der Waals surface area contributed by atoms with E-state index in [2.05, 4.69) is 25.5 Å². The molecular formula is C28H29BrN4O2. The Morgan fingerprint density at radius 2 is 1.94 bits per heavy atom. The average molecular weight is 533 g/mol. The molecule has 1 saturated carbocycles. The van der Waals surface area contributed by atoms with Gasteiger partial charge in [0.05, 0.1) is 21.3 Å². The number of rotatable bonds is 7. The van der Waals surface area contributed by atoms with Gasteiger partial charge in [-0.15, -0.1) is 0 Å². The van der Waals surface area contributed by atoms with Gasteiger partial charge in [-0.3, -0.25) is 14.6 Å². The first kappa shape index (κ1) is 23.7. The van der Waals surface area contributed by atoms with Gasteiger partial charge in [-0.25, -0.2) is 4.98 Å². The summed E-state index contributed by atoms with van der Waals surface area (Å²) >= 11 is 3.49. The molecule has 1 aromatic carbocycles. The smallest absolute Gasteiger partial charge is 0.179 e. The Balaban J connectivity index is 1.49. The van der Waals surface area contributed by atoms with E-state index in [0.29, 0.717) is 24.3 Å². The first-order valence-electron chi connectivity index (χ1n) is 12.3. The molecule has 1 fully saturated rings. The van der Waals surface area contributed by atoms with Crippen molar-refractivity contribution in [2.45, 2.75) is 51.5 Å². The molecule has 0 spiro atoms. The molecule has 35 heavy (non-hydrogen) atoms. The lowest BCUT2D eigenvalue weighted by Gasteiger charge is -2.31. The van der Waals surface area contributed by atoms with Crippen molar-refractivity contribution >= 4 is 38.5 Å². The number of pyridine rings is 1. The molecule has 6 nitrogen and oxygen atoms in total. The Labute approximate surface area is 213 Å². The summed E-state index contributed by atoms with van der Waals surface area (Å²) in [4.78, 5) is 34.9. The van der Waals surface area contributed by atoms with E-state index in [9.17, 15) is 9.59 Å². The molecule has 0 bridgehead atoms. The first-order valence-corrected chi connectivity index (χ1v) is 13.1. The van der Waals surface area contributed by atoms with Gasteiger partial charge in [0.1, 0.15) is 5.69 Å². The highest BCUT2D eigenvalue weighted by molar-refractivity contribution is 9.10. The van der Waals surface area contributed by atoms with E-state index in [1.807, 2.05) is 67.1 Å². The molecule has 2 unspecified atom stereocenters. The summed E-state index contributed by atoms with van der Waals surface area (Å²) in [6, 6.07) is 15.7. The van der Waals surface area contributed by atoms with Gasteiger partial charge in [0.25, 0.3) is 0 Å². The Morgan fingerprint density at radius 1 is 1.09 bits per heavy atom. The fraction of sp³-hybridized carbons (Fsp3) is 0.357. The van der Waals surface area contributed by atoms with Gasteiger partial charge in [0.15, 0.2) is 17.4 Å². The number of aromatic nitrogens is 4. The molecule has 4 aromatic rings. The van der Waals surface area contributed by atoms with Crippen molar-refractivity contribution in [2.75, 3.05) is 0 Å². The van der Waals surface area contributed by atoms with Crippen molar-refractivity contribution in [1.29, 1.82) is 0 Å². The maximum Gasteiger partial charge on any atom is 0.179 e. The first-order chi connectivity index (χ1) is 17.0. The normalized spacial score (nSPS) is 18.1. The van der Waals surface area contributed by atoms with Crippen molar-refractivity contribution in [2.24, 2.45) is 13.0 Å². The van der Waals surface area contributed by atoms with Gasteiger partial charge in [-0.1, -0.05) is 19.4 Å². The average Bonchev–Trinajstić information content (AvgIpc) is 3.43. The summed E-state index contributed by atoms with van der Waals surface area (Å²) in [5.74, 6) is 1.44. The number of hydrogen-bond donors (Lipinski definition) is 0. The van der Waals surface area contributed by atoms with E-state index < -0.39 is 0 Å². The van der Waals surface area contributed by atoms with Crippen LogP contribution in [0, 0.1) is 5.92 Å². The Morgan fingerprint density at radius 3 is 2.66 bits per heavy atom. The van der Waals surface area contributed by atoms with E-state index in [0.717, 1.165) is 58.5 Å². The van der Waals surface area contributed by atoms with Crippen LogP contribution in [0.1, 0.15) is 72.3 Å². The molecule has 1 aliphatic carbocycles. The van der Waals surface area contributed by atoms with Gasteiger partial charge < -0.3 is 9.13 Å². The van der Waals surface area contributed by atoms with Crippen molar-refractivity contribution in [3.63, 3.8) is 0 Å². The summed E-state index contributed by atoms with van der Waals surface area (Å²) < 4.78 is 5.11. The predicted octanol–water partition coefficient (Wildman–Crippen LogP) is 6.80. The highest BCUT2D eigenvalue weighted by Gasteiger charge is 2.29. The molecule has 5 rings (SSSR count). The lowest BCUT2D eigenvalue weighted by Crippen LogP contribution is -2.22. The van der Waals surface area contributed by atoms with E-state index in [1.54, 1.807) is 6.20 Å². The summed E-state index contributed by atoms with van der Waals surface area (Å²) in [5.41, 5.74) is 4.09. The molecule has 1 aliphatic rings. The van der Waals surface area contributed by atoms with Gasteiger partial charge in [0.2, 0.25) is 0 Å². The second kappa shape index (κ2) is 9.90. The van der Waals surface area contributed by atoms with Crippen molar-refractivity contribution in [3.05, 3.63) is 70.6 Å². The zero-order chi connectivity index (χ0) is 24.5. The van der Waals surface area contributed by atoms with Crippen LogP contribution >= 0.6 is 15.9 Å². The van der Waals surface area contributed by atoms with Crippen LogP contribution in [0.25, 0.3) is 22.6 Å². The fourth-order valence-corrected chi connectivity index (χ4v) is 5.66. The molecule has 0 saturated heterocycles. The summed E-state index contributed by atoms with van der Waals surface area (Å²) in [7, 11) is 1.91. The van der Waals surface area contributed by atoms with Crippen LogP contribution in [0.15, 0.2) is 59.3 Å². The van der Waals surface area contributed by atoms with Crippen molar-refractivity contribution in [3.8, 4) is 11.5 Å². The number of imidazole rings is 1. The monoisotopic (exact) mass is 532 g/mol. The Bertz CT molecular complexity index is 1390. The lowest BCUT2D eigenvalue weighted by atomic mass is 9.82. The molecule has 3 heterocycles. The predicted molar refractivity (Wildman–Crippen MR) is 141 cm³/mol. The molecule has 7 heteroatoms. The third-order valence-electron chi connectivity index (χ3n) is 7.17. The highest BCUT2D eigenvalue weighted by atomic mass is 79.9. The molecule has 180 valence electrons. The molecule has 2 atom stereocenters. The van der Waals surface area contributed by atoms with Crippen LogP contribution in [0.5, 0.6) is 0 Å². The van der Waals surface area contributed by atoms with Crippen LogP contribution in [0.2, 0.25) is 0 Å². The van der Waals surface area contributed by atoms with Gasteiger partial charge in [0, 0.05) is 37.7 Å². The minimum atomic E-state index is 0.115. The van der Waals surface area contributed by atoms with Crippen LogP contribution in [0.3, 0.4) is 0 Å². The zero-order valence-corrected chi connectivity index (χ0v) is 21.7. The molecule has 0 radical (unpaired) electrons. The fourth-order valence-electron chi connectivity index (χ4n) is 5.34. The third-order valence-corrected chi connectivity index (χ3v) is 7.96. The SMILES string of the molecule is CCC(=O)c1ccc2c(c1)nc(-c1ccccn1)n2C1CCCC(CC(=O)c2ccc(Br)n2C)C1. The van der Waals surface area contributed by atoms with E-state index in [1.165, 1.54) is 0 Å². The number of nitrogens with zero attached hydrogens (tertiary/aromatic N) is 4. The largest absolute Gasteiger partial charge is 0.336 e. The Hall–Kier alpha value is -3.06. The quantitative estimate of drug-likeness (QED) is 0.245. The van der Waals surface area contributed by atoms with Gasteiger partial charge in [-0.05, 0) is 83.6 Å². The maximum atomic E-state index is 13.1. The topological polar surface area (TPSA) is 69.8 Å². The summed E-state index contributed by atoms with van der Waals surface area (Å²) in [5, 5.41) is 0. The van der Waals surface area contributed by atoms with Gasteiger partial charge >= 0.3 is 0 Å². The summed E-state index contributed by atoms with van der Waals surface area (Å²) in [6.07, 6.45) is 6.85. The number of carbonyl (C=O) groups is 2. The second-order valence-electron chi connectivity index (χ2n) is 9.41. The minimum Gasteiger partial charge on any atom is -0.336 e. The van der Waals surface area contributed by atoms with Crippen LogP contribution in [-0.4, -0.2) is 30.7 Å². The second-order valence-corrected chi connectivity index (χ2v) is 10.2. The van der Waals surface area contributed by atoms with Crippen molar-refractivity contribution in [1.82, 2.24) is 19.1 Å². The van der Waals surface area contributed by atoms with Crippen LogP contribution in [0.4, 0.5) is 0 Å². The number of fused-ring (bicyclic) bond motifs is 1. The zero-order valence-electron chi connectivity index (χ0n) is 20.1. The number of carbonyl (C=O) groups excluding carboxylic acids is 2. The van der Waals surface area contributed by atoms with Crippen LogP contribution in [-0.2, 0) is 7.05 Å². The van der Waals surface area contributed by atoms with Crippen LogP contribution < -0.4 is 0 Å². The Kier molecular flexibility index (Phi) is 6.69. The van der Waals surface area contributed by atoms with E-state index >= 15 is 0 Å². The maximum absolute atomic E-state index is 13.1. The minimum absolute atomic E-state index is 0.115. The number of hydrogen-bond acceptors (Lipinski definition) is 4. The van der Waals surface area contributed by atoms with E-state index in [4.69, 9.17) is 4.98 Å². The molecular weight excluding hydrogens is 504 g/mol. The number of ketones is 2. The van der Waals surface area contributed by atoms with E-state index in [-0.39, 0.29) is 17.6 Å². The molecule has 0 N–H and O–H groups in total. The number of benzene rings is 1. The molecule has 0 amide bonds. The molecule has 3 aromatic heterocycles. The third kappa shape index (κ3) is 4.61. The van der Waals surface area contributed by atoms with Crippen molar-refractivity contribution < 1.29 is 9.59 Å². The van der Waals surface area contributed by atoms with Gasteiger partial charge in [-0.2, -0.15) is 0 Å². The summed E-state index contributed by atoms with van der Waals surface area (Å²) in [6.45, 7) is 1.88. The molecule has 0 aliphatic heterocycles. The highest BCUT2D eigenvalue weighted by Crippen LogP contribution is 2.39.